The Hall–Kier alpha value is -2.66. The van der Waals surface area contributed by atoms with E-state index in [1.54, 1.807) is 32.0 Å². The third-order valence-corrected chi connectivity index (χ3v) is 4.08. The van der Waals surface area contributed by atoms with E-state index < -0.39 is 6.17 Å². The van der Waals surface area contributed by atoms with Crippen LogP contribution in [0.25, 0.3) is 0 Å². The zero-order chi connectivity index (χ0) is 18.0. The molecule has 3 rings (SSSR count). The van der Waals surface area contributed by atoms with Crippen LogP contribution in [0, 0.1) is 5.92 Å². The van der Waals surface area contributed by atoms with Gasteiger partial charge in [0.25, 0.3) is 5.91 Å². The Morgan fingerprint density at radius 3 is 2.68 bits per heavy atom. The summed E-state index contributed by atoms with van der Waals surface area (Å²) in [5.41, 5.74) is 2.80. The summed E-state index contributed by atoms with van der Waals surface area (Å²) >= 11 is 6.12. The van der Waals surface area contributed by atoms with Gasteiger partial charge < -0.3 is 10.6 Å². The number of aliphatic imine (C=N–C) groups is 1. The van der Waals surface area contributed by atoms with Crippen LogP contribution in [0.1, 0.15) is 25.0 Å². The fourth-order valence-electron chi connectivity index (χ4n) is 2.52. The molecule has 0 aromatic heterocycles. The molecule has 5 nitrogen and oxygen atoms in total. The van der Waals surface area contributed by atoms with Gasteiger partial charge in [0.2, 0.25) is 12.1 Å². The van der Waals surface area contributed by atoms with Gasteiger partial charge >= 0.3 is 0 Å². The first-order chi connectivity index (χ1) is 12.0. The van der Waals surface area contributed by atoms with Crippen LogP contribution in [0.4, 0.5) is 5.69 Å². The summed E-state index contributed by atoms with van der Waals surface area (Å²) in [7, 11) is 0. The fraction of sp³-hybridized carbons (Fsp3) is 0.211. The molecular formula is C19H18ClN3O2. The highest BCUT2D eigenvalue weighted by atomic mass is 35.5. The van der Waals surface area contributed by atoms with Gasteiger partial charge in [-0.05, 0) is 18.2 Å². The molecule has 6 heteroatoms. The van der Waals surface area contributed by atoms with Gasteiger partial charge in [-0.2, -0.15) is 0 Å². The summed E-state index contributed by atoms with van der Waals surface area (Å²) in [5, 5.41) is 6.09. The number of carbonyl (C=O) groups excluding carboxylic acids is 2. The van der Waals surface area contributed by atoms with Gasteiger partial charge in [0.05, 0.1) is 11.4 Å². The quantitative estimate of drug-likeness (QED) is 0.887. The molecule has 128 valence electrons. The second kappa shape index (κ2) is 7.07. The Balaban J connectivity index is 2.11. The number of amides is 2. The predicted octanol–water partition coefficient (Wildman–Crippen LogP) is 3.23. The lowest BCUT2D eigenvalue weighted by Crippen LogP contribution is -2.43. The second-order valence-corrected chi connectivity index (χ2v) is 6.53. The molecule has 1 atom stereocenters. The lowest BCUT2D eigenvalue weighted by molar-refractivity contribution is -0.128. The molecule has 0 saturated carbocycles. The molecular weight excluding hydrogens is 338 g/mol. The van der Waals surface area contributed by atoms with Crippen molar-refractivity contribution >= 4 is 34.8 Å². The maximum absolute atomic E-state index is 12.5. The molecule has 2 amide bonds. The van der Waals surface area contributed by atoms with Crippen LogP contribution in [0.2, 0.25) is 5.02 Å². The van der Waals surface area contributed by atoms with Gasteiger partial charge in [-0.25, -0.2) is 4.99 Å². The number of nitrogens with zero attached hydrogens (tertiary/aromatic N) is 1. The van der Waals surface area contributed by atoms with E-state index in [-0.39, 0.29) is 17.7 Å². The van der Waals surface area contributed by atoms with Gasteiger partial charge in [0, 0.05) is 22.1 Å². The van der Waals surface area contributed by atoms with E-state index in [2.05, 4.69) is 15.6 Å². The lowest BCUT2D eigenvalue weighted by atomic mass is 10.0. The van der Waals surface area contributed by atoms with Crippen molar-refractivity contribution in [2.24, 2.45) is 10.9 Å². The van der Waals surface area contributed by atoms with Gasteiger partial charge in [0.1, 0.15) is 0 Å². The van der Waals surface area contributed by atoms with Gasteiger partial charge in [-0.3, -0.25) is 9.59 Å². The Labute approximate surface area is 151 Å². The summed E-state index contributed by atoms with van der Waals surface area (Å²) in [6.07, 6.45) is -1.00. The maximum atomic E-state index is 12.5. The molecule has 1 heterocycles. The first-order valence-electron chi connectivity index (χ1n) is 8.00. The number of benzene rings is 2. The highest BCUT2D eigenvalue weighted by Gasteiger charge is 2.27. The number of nitrogens with one attached hydrogen (secondary N) is 2. The summed E-state index contributed by atoms with van der Waals surface area (Å²) in [6, 6.07) is 14.6. The van der Waals surface area contributed by atoms with Crippen LogP contribution in [0.3, 0.4) is 0 Å². The van der Waals surface area contributed by atoms with Crippen LogP contribution in [0.15, 0.2) is 53.5 Å². The molecule has 0 radical (unpaired) electrons. The number of benzodiazepines with no additional fused rings is 1. The summed E-state index contributed by atoms with van der Waals surface area (Å²) in [6.45, 7) is 3.53. The van der Waals surface area contributed by atoms with Crippen molar-refractivity contribution in [1.29, 1.82) is 0 Å². The number of halogens is 1. The van der Waals surface area contributed by atoms with Crippen LogP contribution < -0.4 is 10.6 Å². The molecule has 1 unspecified atom stereocenters. The third-order valence-electron chi connectivity index (χ3n) is 3.85. The van der Waals surface area contributed by atoms with Crippen molar-refractivity contribution in [3.05, 3.63) is 64.7 Å². The molecule has 1 aliphatic heterocycles. The predicted molar refractivity (Wildman–Crippen MR) is 98.9 cm³/mol. The largest absolute Gasteiger partial charge is 0.326 e. The normalized spacial score (nSPS) is 16.6. The molecule has 0 fully saturated rings. The smallest absolute Gasteiger partial charge is 0.269 e. The van der Waals surface area contributed by atoms with Crippen LogP contribution >= 0.6 is 11.6 Å². The van der Waals surface area contributed by atoms with Crippen molar-refractivity contribution in [2.45, 2.75) is 20.0 Å². The molecule has 2 N–H and O–H groups in total. The molecule has 0 bridgehead atoms. The van der Waals surface area contributed by atoms with Crippen molar-refractivity contribution < 1.29 is 9.59 Å². The zero-order valence-electron chi connectivity index (χ0n) is 13.9. The summed E-state index contributed by atoms with van der Waals surface area (Å²) < 4.78 is 0. The van der Waals surface area contributed by atoms with E-state index in [1.807, 2.05) is 30.3 Å². The van der Waals surface area contributed by atoms with E-state index in [0.29, 0.717) is 16.4 Å². The lowest BCUT2D eigenvalue weighted by Gasteiger charge is -2.14. The SMILES string of the molecule is CC(C)C(=O)NC1N=C(c2cccc(Cl)c2)c2ccccc2NC1=O. The standard InChI is InChI=1S/C19H18ClN3O2/c1-11(2)18(24)23-17-19(25)21-15-9-4-3-8-14(15)16(22-17)12-6-5-7-13(20)10-12/h3-11,17H,1-2H3,(H,21,25)(H,23,24). The number of hydrogen-bond donors (Lipinski definition) is 2. The van der Waals surface area contributed by atoms with Crippen molar-refractivity contribution in [2.75, 3.05) is 5.32 Å². The van der Waals surface area contributed by atoms with Gasteiger partial charge in [0.15, 0.2) is 0 Å². The topological polar surface area (TPSA) is 70.6 Å². The minimum atomic E-state index is -1.00. The van der Waals surface area contributed by atoms with E-state index in [4.69, 9.17) is 11.6 Å². The van der Waals surface area contributed by atoms with E-state index in [1.165, 1.54) is 0 Å². The number of para-hydroxylation sites is 1. The third kappa shape index (κ3) is 3.72. The molecule has 0 aliphatic carbocycles. The average molecular weight is 356 g/mol. The zero-order valence-corrected chi connectivity index (χ0v) is 14.7. The minimum absolute atomic E-state index is 0.236. The molecule has 1 aliphatic rings. The highest BCUT2D eigenvalue weighted by molar-refractivity contribution is 6.31. The first kappa shape index (κ1) is 17.2. The van der Waals surface area contributed by atoms with E-state index in [9.17, 15) is 9.59 Å². The Bertz CT molecular complexity index is 861. The summed E-state index contributed by atoms with van der Waals surface area (Å²) in [4.78, 5) is 29.1. The van der Waals surface area contributed by atoms with E-state index in [0.717, 1.165) is 11.1 Å². The molecule has 0 saturated heterocycles. The molecule has 2 aromatic rings. The monoisotopic (exact) mass is 355 g/mol. The number of rotatable bonds is 3. The number of carbonyl (C=O) groups is 2. The number of fused-ring (bicyclic) bond motifs is 1. The van der Waals surface area contributed by atoms with Crippen molar-refractivity contribution in [3.8, 4) is 0 Å². The van der Waals surface area contributed by atoms with Gasteiger partial charge in [-0.1, -0.05) is 55.8 Å². The second-order valence-electron chi connectivity index (χ2n) is 6.09. The number of hydrogen-bond acceptors (Lipinski definition) is 3. The highest BCUT2D eigenvalue weighted by Crippen LogP contribution is 2.25. The average Bonchev–Trinajstić information content (AvgIpc) is 2.72. The van der Waals surface area contributed by atoms with Crippen LogP contribution in [-0.2, 0) is 9.59 Å². The maximum Gasteiger partial charge on any atom is 0.269 e. The Morgan fingerprint density at radius 1 is 1.20 bits per heavy atom. The van der Waals surface area contributed by atoms with Gasteiger partial charge in [-0.15, -0.1) is 0 Å². The Kier molecular flexibility index (Phi) is 4.86. The molecule has 0 spiro atoms. The summed E-state index contributed by atoms with van der Waals surface area (Å²) in [5.74, 6) is -0.859. The van der Waals surface area contributed by atoms with Crippen LogP contribution in [-0.4, -0.2) is 23.7 Å². The Morgan fingerprint density at radius 2 is 1.96 bits per heavy atom. The molecule has 25 heavy (non-hydrogen) atoms. The van der Waals surface area contributed by atoms with E-state index >= 15 is 0 Å². The van der Waals surface area contributed by atoms with Crippen molar-refractivity contribution in [1.82, 2.24) is 5.32 Å². The number of anilines is 1. The van der Waals surface area contributed by atoms with Crippen LogP contribution in [0.5, 0.6) is 0 Å². The molecule has 2 aromatic carbocycles. The minimum Gasteiger partial charge on any atom is -0.326 e. The first-order valence-corrected chi connectivity index (χ1v) is 8.38. The van der Waals surface area contributed by atoms with Crippen molar-refractivity contribution in [3.63, 3.8) is 0 Å². The fourth-order valence-corrected chi connectivity index (χ4v) is 2.71.